The maximum absolute atomic E-state index is 3.90. The minimum absolute atomic E-state index is 0.189. The molecule has 0 aromatic heterocycles. The van der Waals surface area contributed by atoms with Crippen LogP contribution in [0.1, 0.15) is 38.7 Å². The number of hydrogen-bond acceptors (Lipinski definition) is 2. The first-order valence-electron chi connectivity index (χ1n) is 7.21. The molecule has 1 aromatic rings. The zero-order valence-electron chi connectivity index (χ0n) is 12.4. The topological polar surface area (TPSA) is 15.3 Å². The van der Waals surface area contributed by atoms with Gasteiger partial charge in [-0.2, -0.15) is 0 Å². The van der Waals surface area contributed by atoms with Crippen molar-refractivity contribution in [3.05, 3.63) is 42.5 Å². The van der Waals surface area contributed by atoms with Crippen LogP contribution in [0.3, 0.4) is 0 Å². The summed E-state index contributed by atoms with van der Waals surface area (Å²) in [6.07, 6.45) is 3.22. The molecule has 19 heavy (non-hydrogen) atoms. The van der Waals surface area contributed by atoms with E-state index in [9.17, 15) is 0 Å². The summed E-state index contributed by atoms with van der Waals surface area (Å²) < 4.78 is 0. The van der Waals surface area contributed by atoms with Crippen LogP contribution in [0.15, 0.2) is 36.9 Å². The average molecular weight is 258 g/mol. The molecular weight excluding hydrogens is 232 g/mol. The molecule has 0 saturated heterocycles. The van der Waals surface area contributed by atoms with Gasteiger partial charge in [-0.25, -0.2) is 0 Å². The van der Waals surface area contributed by atoms with E-state index in [-0.39, 0.29) is 5.54 Å². The van der Waals surface area contributed by atoms with Crippen LogP contribution in [-0.4, -0.2) is 30.1 Å². The summed E-state index contributed by atoms with van der Waals surface area (Å²) in [5.41, 5.74) is 2.96. The van der Waals surface area contributed by atoms with Gasteiger partial charge < -0.3 is 5.32 Å². The second-order valence-electron chi connectivity index (χ2n) is 6.36. The van der Waals surface area contributed by atoms with E-state index in [0.29, 0.717) is 5.92 Å². The monoisotopic (exact) mass is 258 g/mol. The summed E-state index contributed by atoms with van der Waals surface area (Å²) in [5.74, 6) is 0.622. The molecule has 104 valence electrons. The maximum Gasteiger partial charge on any atom is 0.0376 e. The molecule has 1 atom stereocenters. The molecule has 1 aliphatic heterocycles. The summed E-state index contributed by atoms with van der Waals surface area (Å²) in [6, 6.07) is 8.71. The summed E-state index contributed by atoms with van der Waals surface area (Å²) in [4.78, 5) is 2.52. The van der Waals surface area contributed by atoms with Crippen molar-refractivity contribution in [2.75, 3.05) is 25.0 Å². The van der Waals surface area contributed by atoms with Gasteiger partial charge in [0.05, 0.1) is 0 Å². The summed E-state index contributed by atoms with van der Waals surface area (Å²) in [5, 5.41) is 3.50. The number of nitrogens with zero attached hydrogens (tertiary/aromatic N) is 1. The van der Waals surface area contributed by atoms with Crippen LogP contribution >= 0.6 is 0 Å². The zero-order valence-corrected chi connectivity index (χ0v) is 12.4. The smallest absolute Gasteiger partial charge is 0.0376 e. The van der Waals surface area contributed by atoms with E-state index in [1.807, 2.05) is 6.08 Å². The average Bonchev–Trinajstić information content (AvgIpc) is 2.37. The van der Waals surface area contributed by atoms with E-state index in [1.54, 1.807) is 0 Å². The lowest BCUT2D eigenvalue weighted by atomic mass is 9.89. The third-order valence-electron chi connectivity index (χ3n) is 3.95. The predicted octanol–water partition coefficient (Wildman–Crippen LogP) is 3.87. The number of benzene rings is 1. The molecule has 0 spiro atoms. The van der Waals surface area contributed by atoms with Gasteiger partial charge in [-0.05, 0) is 38.8 Å². The highest BCUT2D eigenvalue weighted by Gasteiger charge is 2.26. The van der Waals surface area contributed by atoms with Crippen molar-refractivity contribution in [2.24, 2.45) is 0 Å². The van der Waals surface area contributed by atoms with Crippen molar-refractivity contribution >= 4 is 5.69 Å². The first kappa shape index (κ1) is 14.1. The van der Waals surface area contributed by atoms with Gasteiger partial charge in [0.15, 0.2) is 0 Å². The number of hydrogen-bond donors (Lipinski definition) is 1. The van der Waals surface area contributed by atoms with E-state index in [2.05, 4.69) is 61.8 Å². The highest BCUT2D eigenvalue weighted by molar-refractivity contribution is 5.54. The molecule has 1 aliphatic rings. The van der Waals surface area contributed by atoms with Crippen molar-refractivity contribution < 1.29 is 0 Å². The van der Waals surface area contributed by atoms with Crippen LogP contribution in [0.4, 0.5) is 5.69 Å². The minimum atomic E-state index is 0.189. The Hall–Kier alpha value is -1.28. The van der Waals surface area contributed by atoms with Crippen molar-refractivity contribution in [2.45, 2.75) is 38.6 Å². The summed E-state index contributed by atoms with van der Waals surface area (Å²) in [7, 11) is 0. The molecular formula is C17H26N2. The van der Waals surface area contributed by atoms with Crippen molar-refractivity contribution in [1.82, 2.24) is 4.90 Å². The van der Waals surface area contributed by atoms with Gasteiger partial charge >= 0.3 is 0 Å². The molecule has 1 heterocycles. The Morgan fingerprint density at radius 2 is 2.11 bits per heavy atom. The summed E-state index contributed by atoms with van der Waals surface area (Å²) in [6.45, 7) is 13.9. The first-order valence-corrected chi connectivity index (χ1v) is 7.21. The van der Waals surface area contributed by atoms with E-state index < -0.39 is 0 Å². The fourth-order valence-corrected chi connectivity index (χ4v) is 2.78. The number of fused-ring (bicyclic) bond motifs is 1. The molecule has 1 unspecified atom stereocenters. The Morgan fingerprint density at radius 1 is 1.37 bits per heavy atom. The van der Waals surface area contributed by atoms with Gasteiger partial charge in [-0.1, -0.05) is 24.3 Å². The second kappa shape index (κ2) is 5.79. The molecule has 0 bridgehead atoms. The van der Waals surface area contributed by atoms with Gasteiger partial charge in [-0.15, -0.1) is 6.58 Å². The molecule has 2 nitrogen and oxygen atoms in total. The molecule has 1 aromatic carbocycles. The van der Waals surface area contributed by atoms with E-state index >= 15 is 0 Å². The predicted molar refractivity (Wildman–Crippen MR) is 83.8 cm³/mol. The molecule has 1 N–H and O–H groups in total. The zero-order chi connectivity index (χ0) is 13.9. The maximum atomic E-state index is 3.90. The standard InChI is InChI=1S/C17H26N2/c1-5-12-19(17(2,3)4)13-14-10-11-18-16-9-7-6-8-15(14)16/h5-9,14,18H,1,10-13H2,2-4H3. The Kier molecular flexibility index (Phi) is 4.31. The Morgan fingerprint density at radius 3 is 2.79 bits per heavy atom. The van der Waals surface area contributed by atoms with Gasteiger partial charge in [0.2, 0.25) is 0 Å². The van der Waals surface area contributed by atoms with Gasteiger partial charge in [0.1, 0.15) is 0 Å². The van der Waals surface area contributed by atoms with Gasteiger partial charge in [0, 0.05) is 36.8 Å². The van der Waals surface area contributed by atoms with E-state index in [1.165, 1.54) is 17.7 Å². The third-order valence-corrected chi connectivity index (χ3v) is 3.95. The number of anilines is 1. The highest BCUT2D eigenvalue weighted by atomic mass is 15.2. The molecule has 0 fully saturated rings. The van der Waals surface area contributed by atoms with Crippen LogP contribution in [-0.2, 0) is 0 Å². The lowest BCUT2D eigenvalue weighted by Crippen LogP contribution is -2.44. The SMILES string of the molecule is C=CCN(CC1CCNc2ccccc21)C(C)(C)C. The lowest BCUT2D eigenvalue weighted by Gasteiger charge is -2.39. The normalized spacial score (nSPS) is 18.8. The Balaban J connectivity index is 2.17. The Labute approximate surface area is 117 Å². The van der Waals surface area contributed by atoms with Crippen molar-refractivity contribution in [1.29, 1.82) is 0 Å². The van der Waals surface area contributed by atoms with E-state index in [4.69, 9.17) is 0 Å². The van der Waals surface area contributed by atoms with Crippen LogP contribution in [0.2, 0.25) is 0 Å². The van der Waals surface area contributed by atoms with Crippen LogP contribution in [0.5, 0.6) is 0 Å². The molecule has 0 amide bonds. The largest absolute Gasteiger partial charge is 0.385 e. The van der Waals surface area contributed by atoms with Gasteiger partial charge in [0.25, 0.3) is 0 Å². The van der Waals surface area contributed by atoms with Crippen molar-refractivity contribution in [3.8, 4) is 0 Å². The quantitative estimate of drug-likeness (QED) is 0.825. The highest BCUT2D eigenvalue weighted by Crippen LogP contribution is 2.33. The molecule has 0 radical (unpaired) electrons. The first-order chi connectivity index (χ1) is 9.02. The van der Waals surface area contributed by atoms with Gasteiger partial charge in [-0.3, -0.25) is 4.90 Å². The van der Waals surface area contributed by atoms with Crippen molar-refractivity contribution in [3.63, 3.8) is 0 Å². The lowest BCUT2D eigenvalue weighted by molar-refractivity contribution is 0.142. The van der Waals surface area contributed by atoms with Crippen LogP contribution < -0.4 is 5.32 Å². The molecule has 2 rings (SSSR count). The molecule has 0 aliphatic carbocycles. The Bertz CT molecular complexity index is 431. The van der Waals surface area contributed by atoms with E-state index in [0.717, 1.165) is 19.6 Å². The van der Waals surface area contributed by atoms with Crippen LogP contribution in [0.25, 0.3) is 0 Å². The number of para-hydroxylation sites is 1. The minimum Gasteiger partial charge on any atom is -0.385 e. The van der Waals surface area contributed by atoms with Crippen LogP contribution in [0, 0.1) is 0 Å². The fraction of sp³-hybridized carbons (Fsp3) is 0.529. The molecule has 2 heteroatoms. The molecule has 0 saturated carbocycles. The summed E-state index contributed by atoms with van der Waals surface area (Å²) >= 11 is 0. The third kappa shape index (κ3) is 3.38. The number of nitrogens with one attached hydrogen (secondary N) is 1. The number of rotatable bonds is 4. The fourth-order valence-electron chi connectivity index (χ4n) is 2.78. The second-order valence-corrected chi connectivity index (χ2v) is 6.36.